The van der Waals surface area contributed by atoms with Crippen LogP contribution in [0.5, 0.6) is 0 Å². The van der Waals surface area contributed by atoms with Gasteiger partial charge < -0.3 is 10.0 Å². The molecule has 1 aromatic heterocycles. The van der Waals surface area contributed by atoms with Crippen molar-refractivity contribution < 1.29 is 23.1 Å². The number of carbonyl (C=O) groups is 1. The molecule has 25 heavy (non-hydrogen) atoms. The van der Waals surface area contributed by atoms with Crippen LogP contribution in [-0.4, -0.2) is 38.3 Å². The number of likely N-dealkylation sites (tertiary alicyclic amines) is 1. The molecule has 134 valence electrons. The molecule has 1 aliphatic heterocycles. The summed E-state index contributed by atoms with van der Waals surface area (Å²) in [6.45, 7) is 2.57. The van der Waals surface area contributed by atoms with Gasteiger partial charge in [0.1, 0.15) is 0 Å². The number of hydrogen-bond acceptors (Lipinski definition) is 3. The monoisotopic (exact) mass is 353 g/mol. The third-order valence-electron chi connectivity index (χ3n) is 4.34. The molecule has 8 heteroatoms. The summed E-state index contributed by atoms with van der Waals surface area (Å²) in [5, 5.41) is 14.0. The van der Waals surface area contributed by atoms with Crippen LogP contribution < -0.4 is 0 Å². The third kappa shape index (κ3) is 3.53. The van der Waals surface area contributed by atoms with Gasteiger partial charge in [-0.3, -0.25) is 9.48 Å². The highest BCUT2D eigenvalue weighted by Gasteiger charge is 2.37. The number of alkyl halides is 3. The lowest BCUT2D eigenvalue weighted by molar-refractivity contribution is -0.137. The van der Waals surface area contributed by atoms with Crippen molar-refractivity contribution in [3.05, 3.63) is 53.3 Å². The zero-order valence-electron chi connectivity index (χ0n) is 13.6. The summed E-state index contributed by atoms with van der Waals surface area (Å²) >= 11 is 0. The molecule has 0 spiro atoms. The van der Waals surface area contributed by atoms with Crippen molar-refractivity contribution >= 4 is 5.91 Å². The van der Waals surface area contributed by atoms with Crippen molar-refractivity contribution in [2.24, 2.45) is 0 Å². The smallest absolute Gasteiger partial charge is 0.391 e. The van der Waals surface area contributed by atoms with Gasteiger partial charge in [0, 0.05) is 19.3 Å². The zero-order valence-corrected chi connectivity index (χ0v) is 13.6. The van der Waals surface area contributed by atoms with Gasteiger partial charge in [-0.1, -0.05) is 12.1 Å². The van der Waals surface area contributed by atoms with Gasteiger partial charge in [-0.2, -0.15) is 18.3 Å². The van der Waals surface area contributed by atoms with E-state index in [4.69, 9.17) is 0 Å². The van der Waals surface area contributed by atoms with E-state index in [-0.39, 0.29) is 18.9 Å². The Kier molecular flexibility index (Phi) is 4.55. The number of hydrogen-bond donors (Lipinski definition) is 1. The number of aromatic nitrogens is 2. The number of aliphatic hydroxyl groups excluding tert-OH is 1. The number of aryl methyl sites for hydroxylation is 1. The van der Waals surface area contributed by atoms with E-state index in [9.17, 15) is 23.1 Å². The fourth-order valence-corrected chi connectivity index (χ4v) is 3.09. The summed E-state index contributed by atoms with van der Waals surface area (Å²) in [6.07, 6.45) is -2.00. The first-order chi connectivity index (χ1) is 11.8. The Morgan fingerprint density at radius 1 is 1.40 bits per heavy atom. The predicted octanol–water partition coefficient (Wildman–Crippen LogP) is 2.87. The van der Waals surface area contributed by atoms with Gasteiger partial charge in [0.2, 0.25) is 0 Å². The molecule has 0 saturated carbocycles. The molecule has 1 fully saturated rings. The average molecular weight is 353 g/mol. The van der Waals surface area contributed by atoms with Gasteiger partial charge in [-0.15, -0.1) is 0 Å². The second-order valence-corrected chi connectivity index (χ2v) is 6.07. The van der Waals surface area contributed by atoms with Gasteiger partial charge in [-0.25, -0.2) is 0 Å². The maximum atomic E-state index is 13.0. The number of rotatable bonds is 3. The number of nitrogens with zero attached hydrogens (tertiary/aromatic N) is 3. The molecule has 1 aliphatic rings. The first-order valence-corrected chi connectivity index (χ1v) is 7.98. The lowest BCUT2D eigenvalue weighted by Crippen LogP contribution is -2.31. The summed E-state index contributed by atoms with van der Waals surface area (Å²) in [6, 6.07) is 4.30. The Balaban J connectivity index is 1.90. The van der Waals surface area contributed by atoms with E-state index in [2.05, 4.69) is 5.10 Å². The van der Waals surface area contributed by atoms with Gasteiger partial charge in [0.05, 0.1) is 29.5 Å². The van der Waals surface area contributed by atoms with Gasteiger partial charge in [0.25, 0.3) is 5.91 Å². The van der Waals surface area contributed by atoms with Crippen molar-refractivity contribution in [3.63, 3.8) is 0 Å². The van der Waals surface area contributed by atoms with Crippen LogP contribution in [0, 0.1) is 0 Å². The Labute approximate surface area is 142 Å². The second kappa shape index (κ2) is 6.51. The first kappa shape index (κ1) is 17.5. The fourth-order valence-electron chi connectivity index (χ4n) is 3.09. The van der Waals surface area contributed by atoms with E-state index < -0.39 is 23.9 Å². The van der Waals surface area contributed by atoms with Crippen LogP contribution in [0.4, 0.5) is 13.2 Å². The van der Waals surface area contributed by atoms with Crippen LogP contribution in [0.1, 0.15) is 40.9 Å². The normalized spacial score (nSPS) is 20.9. The minimum Gasteiger partial charge on any atom is -0.391 e. The molecular formula is C17H18F3N3O2. The summed E-state index contributed by atoms with van der Waals surface area (Å²) in [7, 11) is 0. The number of aliphatic hydroxyl groups is 1. The van der Waals surface area contributed by atoms with Crippen molar-refractivity contribution in [3.8, 4) is 0 Å². The Bertz CT molecular complexity index is 772. The summed E-state index contributed by atoms with van der Waals surface area (Å²) < 4.78 is 40.5. The average Bonchev–Trinajstić information content (AvgIpc) is 3.20. The van der Waals surface area contributed by atoms with Gasteiger partial charge >= 0.3 is 6.18 Å². The van der Waals surface area contributed by atoms with Crippen LogP contribution in [0.2, 0.25) is 0 Å². The minimum atomic E-state index is -4.45. The molecule has 0 bridgehead atoms. The number of benzene rings is 1. The Hall–Kier alpha value is -2.35. The lowest BCUT2D eigenvalue weighted by Gasteiger charge is -2.25. The largest absolute Gasteiger partial charge is 0.416 e. The van der Waals surface area contributed by atoms with Crippen LogP contribution >= 0.6 is 0 Å². The molecule has 0 radical (unpaired) electrons. The maximum absolute atomic E-state index is 13.0. The van der Waals surface area contributed by atoms with E-state index in [0.29, 0.717) is 17.7 Å². The van der Waals surface area contributed by atoms with Crippen LogP contribution in [0.15, 0.2) is 36.7 Å². The molecular weight excluding hydrogens is 335 g/mol. The predicted molar refractivity (Wildman–Crippen MR) is 83.7 cm³/mol. The molecule has 3 rings (SSSR count). The van der Waals surface area contributed by atoms with Crippen molar-refractivity contribution in [1.29, 1.82) is 0 Å². The van der Waals surface area contributed by atoms with E-state index in [0.717, 1.165) is 12.1 Å². The molecule has 1 saturated heterocycles. The highest BCUT2D eigenvalue weighted by molar-refractivity contribution is 5.94. The third-order valence-corrected chi connectivity index (χ3v) is 4.34. The van der Waals surface area contributed by atoms with Crippen LogP contribution in [0.3, 0.4) is 0 Å². The van der Waals surface area contributed by atoms with Crippen LogP contribution in [0.25, 0.3) is 0 Å². The fraction of sp³-hybridized carbons (Fsp3) is 0.412. The van der Waals surface area contributed by atoms with Gasteiger partial charge in [0.15, 0.2) is 0 Å². The van der Waals surface area contributed by atoms with Gasteiger partial charge in [-0.05, 0) is 31.0 Å². The highest BCUT2D eigenvalue weighted by Crippen LogP contribution is 2.36. The van der Waals surface area contributed by atoms with Crippen molar-refractivity contribution in [2.45, 2.75) is 38.2 Å². The quantitative estimate of drug-likeness (QED) is 0.923. The molecule has 1 N–H and O–H groups in total. The van der Waals surface area contributed by atoms with E-state index in [1.54, 1.807) is 16.9 Å². The van der Waals surface area contributed by atoms with E-state index >= 15 is 0 Å². The molecule has 0 aliphatic carbocycles. The molecule has 1 amide bonds. The topological polar surface area (TPSA) is 58.4 Å². The van der Waals surface area contributed by atoms with Crippen molar-refractivity contribution in [2.75, 3.05) is 6.54 Å². The van der Waals surface area contributed by atoms with E-state index in [1.807, 2.05) is 6.92 Å². The SMILES string of the molecule is CCn1cc(C(=O)N2C[C@H](O)C[C@@H]2c2cccc(C(F)(F)F)c2)cn1. The van der Waals surface area contributed by atoms with Crippen LogP contribution in [-0.2, 0) is 12.7 Å². The molecule has 2 atom stereocenters. The Morgan fingerprint density at radius 3 is 2.80 bits per heavy atom. The maximum Gasteiger partial charge on any atom is 0.416 e. The summed E-state index contributed by atoms with van der Waals surface area (Å²) in [4.78, 5) is 14.1. The Morgan fingerprint density at radius 2 is 2.16 bits per heavy atom. The molecule has 1 aromatic carbocycles. The molecule has 5 nitrogen and oxygen atoms in total. The molecule has 2 aromatic rings. The van der Waals surface area contributed by atoms with E-state index in [1.165, 1.54) is 17.2 Å². The standard InChI is InChI=1S/C17H18F3N3O2/c1-2-22-9-12(8-21-22)16(25)23-10-14(24)7-15(23)11-4-3-5-13(6-11)17(18,19)20/h3-6,8-9,14-15,24H,2,7,10H2,1H3/t14-,15-/m1/s1. The first-order valence-electron chi connectivity index (χ1n) is 7.98. The number of amides is 1. The number of halogens is 3. The molecule has 0 unspecified atom stereocenters. The number of carbonyl (C=O) groups excluding carboxylic acids is 1. The summed E-state index contributed by atoms with van der Waals surface area (Å²) in [5.74, 6) is -0.348. The summed E-state index contributed by atoms with van der Waals surface area (Å²) in [5.41, 5.74) is -0.0480. The number of β-amino-alcohol motifs (C(OH)–C–C–N with tert-alkyl or cyclic N) is 1. The molecule has 2 heterocycles. The second-order valence-electron chi connectivity index (χ2n) is 6.07. The zero-order chi connectivity index (χ0) is 18.2. The minimum absolute atomic E-state index is 0.0804. The van der Waals surface area contributed by atoms with Crippen molar-refractivity contribution in [1.82, 2.24) is 14.7 Å². The lowest BCUT2D eigenvalue weighted by atomic mass is 10.0. The highest BCUT2D eigenvalue weighted by atomic mass is 19.4.